The van der Waals surface area contributed by atoms with Crippen molar-refractivity contribution in [2.75, 3.05) is 0 Å². The van der Waals surface area contributed by atoms with Crippen molar-refractivity contribution in [1.29, 1.82) is 0 Å². The fourth-order valence-corrected chi connectivity index (χ4v) is 2.82. The van der Waals surface area contributed by atoms with Crippen LogP contribution in [0.2, 0.25) is 5.02 Å². The number of aryl methyl sites for hydroxylation is 1. The number of fused-ring (bicyclic) bond motifs is 1. The Kier molecular flexibility index (Phi) is 4.47. The van der Waals surface area contributed by atoms with Gasteiger partial charge in [0, 0.05) is 29.9 Å². The van der Waals surface area contributed by atoms with Crippen LogP contribution < -0.4 is 5.32 Å². The molecule has 118 valence electrons. The highest BCUT2D eigenvalue weighted by atomic mass is 35.5. The normalized spacial score (nSPS) is 11.6. The number of carbonyl (C=O) groups is 2. The Bertz CT molecular complexity index is 695. The largest absolute Gasteiger partial charge is 0.481 e. The van der Waals surface area contributed by atoms with Crippen LogP contribution in [0.25, 0.3) is 10.9 Å². The molecule has 0 saturated heterocycles. The van der Waals surface area contributed by atoms with Crippen molar-refractivity contribution in [1.82, 2.24) is 9.88 Å². The lowest BCUT2D eigenvalue weighted by Crippen LogP contribution is -2.44. The number of amides is 1. The topological polar surface area (TPSA) is 71.3 Å². The Hall–Kier alpha value is -2.01. The Balaban J connectivity index is 2.28. The van der Waals surface area contributed by atoms with E-state index in [0.717, 1.165) is 10.9 Å². The fourth-order valence-electron chi connectivity index (χ4n) is 2.45. The van der Waals surface area contributed by atoms with E-state index in [1.165, 1.54) is 0 Å². The van der Waals surface area contributed by atoms with Gasteiger partial charge in [-0.05, 0) is 26.3 Å². The summed E-state index contributed by atoms with van der Waals surface area (Å²) in [6.45, 7) is 3.59. The van der Waals surface area contributed by atoms with Crippen molar-refractivity contribution in [3.8, 4) is 0 Å². The SMILES string of the molecule is Cn1c(C(=O)NC(C)(C)CCC(=O)O)c(Cl)c2ccccc21. The number of para-hydroxylation sites is 1. The molecule has 0 radical (unpaired) electrons. The van der Waals surface area contributed by atoms with Crippen molar-refractivity contribution in [2.24, 2.45) is 7.05 Å². The summed E-state index contributed by atoms with van der Waals surface area (Å²) >= 11 is 6.34. The molecule has 2 N–H and O–H groups in total. The molecule has 0 atom stereocenters. The van der Waals surface area contributed by atoms with Crippen LogP contribution in [0.15, 0.2) is 24.3 Å². The minimum atomic E-state index is -0.884. The molecule has 0 unspecified atom stereocenters. The zero-order chi connectivity index (χ0) is 16.5. The molecule has 0 aliphatic heterocycles. The maximum absolute atomic E-state index is 12.6. The first-order chi connectivity index (χ1) is 10.2. The second-order valence-electron chi connectivity index (χ2n) is 5.97. The van der Waals surface area contributed by atoms with Crippen molar-refractivity contribution in [2.45, 2.75) is 32.2 Å². The van der Waals surface area contributed by atoms with E-state index in [1.807, 2.05) is 24.3 Å². The number of hydrogen-bond acceptors (Lipinski definition) is 2. The summed E-state index contributed by atoms with van der Waals surface area (Å²) in [4.78, 5) is 23.2. The molecule has 2 rings (SSSR count). The van der Waals surface area contributed by atoms with Crippen molar-refractivity contribution < 1.29 is 14.7 Å². The van der Waals surface area contributed by atoms with E-state index in [4.69, 9.17) is 16.7 Å². The van der Waals surface area contributed by atoms with Crippen molar-refractivity contribution in [3.05, 3.63) is 35.0 Å². The average molecular weight is 323 g/mol. The van der Waals surface area contributed by atoms with Gasteiger partial charge in [-0.3, -0.25) is 9.59 Å². The summed E-state index contributed by atoms with van der Waals surface area (Å²) < 4.78 is 1.75. The summed E-state index contributed by atoms with van der Waals surface area (Å²) in [6.07, 6.45) is 0.339. The number of rotatable bonds is 5. The van der Waals surface area contributed by atoms with Gasteiger partial charge in [0.05, 0.1) is 5.02 Å². The number of halogens is 1. The summed E-state index contributed by atoms with van der Waals surface area (Å²) in [5, 5.41) is 12.9. The zero-order valence-electron chi connectivity index (χ0n) is 12.8. The van der Waals surface area contributed by atoms with Gasteiger partial charge in [-0.1, -0.05) is 29.8 Å². The molecular formula is C16H19ClN2O3. The van der Waals surface area contributed by atoms with Crippen LogP contribution in [0.1, 0.15) is 37.2 Å². The van der Waals surface area contributed by atoms with Gasteiger partial charge >= 0.3 is 5.97 Å². The van der Waals surface area contributed by atoms with Gasteiger partial charge in [-0.15, -0.1) is 0 Å². The zero-order valence-corrected chi connectivity index (χ0v) is 13.6. The lowest BCUT2D eigenvalue weighted by atomic mass is 9.98. The number of benzene rings is 1. The lowest BCUT2D eigenvalue weighted by Gasteiger charge is -2.25. The fraction of sp³-hybridized carbons (Fsp3) is 0.375. The molecule has 1 amide bonds. The van der Waals surface area contributed by atoms with E-state index >= 15 is 0 Å². The Morgan fingerprint density at radius 3 is 2.55 bits per heavy atom. The lowest BCUT2D eigenvalue weighted by molar-refractivity contribution is -0.137. The van der Waals surface area contributed by atoms with E-state index in [2.05, 4.69) is 5.32 Å². The van der Waals surface area contributed by atoms with E-state index in [0.29, 0.717) is 17.1 Å². The van der Waals surface area contributed by atoms with Crippen LogP contribution >= 0.6 is 11.6 Å². The number of aliphatic carboxylic acids is 1. The van der Waals surface area contributed by atoms with Gasteiger partial charge in [0.1, 0.15) is 5.69 Å². The number of carboxylic acids is 1. The molecule has 0 aliphatic carbocycles. The molecule has 0 fully saturated rings. The van der Waals surface area contributed by atoms with Gasteiger partial charge in [0.25, 0.3) is 5.91 Å². The van der Waals surface area contributed by atoms with Crippen LogP contribution in [0.5, 0.6) is 0 Å². The highest BCUT2D eigenvalue weighted by Crippen LogP contribution is 2.30. The number of aromatic nitrogens is 1. The van der Waals surface area contributed by atoms with Gasteiger partial charge in [-0.25, -0.2) is 0 Å². The average Bonchev–Trinajstić information content (AvgIpc) is 2.69. The summed E-state index contributed by atoms with van der Waals surface area (Å²) in [5.41, 5.74) is 0.627. The highest BCUT2D eigenvalue weighted by Gasteiger charge is 2.26. The van der Waals surface area contributed by atoms with E-state index in [9.17, 15) is 9.59 Å². The van der Waals surface area contributed by atoms with Crippen LogP contribution in [-0.4, -0.2) is 27.1 Å². The standard InChI is InChI=1S/C16H19ClN2O3/c1-16(2,9-8-12(20)21)18-15(22)14-13(17)10-6-4-5-7-11(10)19(14)3/h4-7H,8-9H2,1-3H3,(H,18,22)(H,20,21). The first-order valence-corrected chi connectivity index (χ1v) is 7.38. The summed E-state index contributed by atoms with van der Waals surface area (Å²) in [5.74, 6) is -1.19. The van der Waals surface area contributed by atoms with Crippen LogP contribution in [0.3, 0.4) is 0 Å². The predicted octanol–water partition coefficient (Wildman–Crippen LogP) is 3.20. The molecule has 2 aromatic rings. The molecule has 5 nitrogen and oxygen atoms in total. The predicted molar refractivity (Wildman–Crippen MR) is 86.3 cm³/mol. The molecular weight excluding hydrogens is 304 g/mol. The van der Waals surface area contributed by atoms with Gasteiger partial charge in [-0.2, -0.15) is 0 Å². The maximum Gasteiger partial charge on any atom is 0.303 e. The highest BCUT2D eigenvalue weighted by molar-refractivity contribution is 6.38. The smallest absolute Gasteiger partial charge is 0.303 e. The molecule has 0 aliphatic rings. The van der Waals surface area contributed by atoms with Gasteiger partial charge < -0.3 is 15.0 Å². The Morgan fingerprint density at radius 1 is 1.32 bits per heavy atom. The molecule has 0 saturated carbocycles. The monoisotopic (exact) mass is 322 g/mol. The number of carbonyl (C=O) groups excluding carboxylic acids is 1. The van der Waals surface area contributed by atoms with E-state index in [-0.39, 0.29) is 12.3 Å². The Morgan fingerprint density at radius 2 is 1.95 bits per heavy atom. The van der Waals surface area contributed by atoms with Crippen LogP contribution in [0, 0.1) is 0 Å². The van der Waals surface area contributed by atoms with Crippen LogP contribution in [-0.2, 0) is 11.8 Å². The van der Waals surface area contributed by atoms with Crippen molar-refractivity contribution in [3.63, 3.8) is 0 Å². The number of carboxylic acid groups (broad SMARTS) is 1. The minimum absolute atomic E-state index is 0.00384. The summed E-state index contributed by atoms with van der Waals surface area (Å²) in [7, 11) is 1.79. The molecule has 1 heterocycles. The number of nitrogens with zero attached hydrogens (tertiary/aromatic N) is 1. The second kappa shape index (κ2) is 6.01. The third-order valence-electron chi connectivity index (χ3n) is 3.68. The first-order valence-electron chi connectivity index (χ1n) is 7.00. The Labute approximate surface area is 133 Å². The maximum atomic E-state index is 12.6. The van der Waals surface area contributed by atoms with Gasteiger partial charge in [0.15, 0.2) is 0 Å². The molecule has 1 aromatic heterocycles. The van der Waals surface area contributed by atoms with Crippen LogP contribution in [0.4, 0.5) is 0 Å². The summed E-state index contributed by atoms with van der Waals surface area (Å²) in [6, 6.07) is 7.52. The third kappa shape index (κ3) is 3.25. The molecule has 1 aromatic carbocycles. The number of hydrogen-bond donors (Lipinski definition) is 2. The molecule has 6 heteroatoms. The van der Waals surface area contributed by atoms with Crippen molar-refractivity contribution >= 4 is 34.4 Å². The molecule has 0 spiro atoms. The third-order valence-corrected chi connectivity index (χ3v) is 4.06. The quantitative estimate of drug-likeness (QED) is 0.888. The second-order valence-corrected chi connectivity index (χ2v) is 6.35. The minimum Gasteiger partial charge on any atom is -0.481 e. The number of nitrogens with one attached hydrogen (secondary N) is 1. The van der Waals surface area contributed by atoms with Gasteiger partial charge in [0.2, 0.25) is 0 Å². The molecule has 0 bridgehead atoms. The van der Waals surface area contributed by atoms with E-state index in [1.54, 1.807) is 25.5 Å². The molecule has 22 heavy (non-hydrogen) atoms. The first kappa shape index (κ1) is 16.4. The van der Waals surface area contributed by atoms with E-state index < -0.39 is 11.5 Å².